The number of hydrogen-bond donors (Lipinski definition) is 1. The molecule has 0 radical (unpaired) electrons. The van der Waals surface area contributed by atoms with Crippen LogP contribution in [0.1, 0.15) is 32.0 Å². The van der Waals surface area contributed by atoms with E-state index in [1.165, 1.54) is 11.4 Å². The molecule has 7 heteroatoms. The van der Waals surface area contributed by atoms with Crippen LogP contribution in [0.2, 0.25) is 0 Å². The minimum absolute atomic E-state index is 0.185. The van der Waals surface area contributed by atoms with Crippen molar-refractivity contribution in [2.24, 2.45) is 10.9 Å². The fourth-order valence-electron chi connectivity index (χ4n) is 4.58. The largest absolute Gasteiger partial charge is 0.492 e. The molecule has 3 heterocycles. The van der Waals surface area contributed by atoms with Gasteiger partial charge in [-0.1, -0.05) is 19.9 Å². The number of allylic oxidation sites excluding steroid dienone is 1. The van der Waals surface area contributed by atoms with Crippen molar-refractivity contribution < 1.29 is 4.74 Å². The van der Waals surface area contributed by atoms with Crippen LogP contribution in [-0.2, 0) is 0 Å². The number of nitrogens with one attached hydrogen (secondary N) is 1. The van der Waals surface area contributed by atoms with Crippen LogP contribution in [-0.4, -0.2) is 85.5 Å². The normalized spacial score (nSPS) is 24.9. The van der Waals surface area contributed by atoms with Crippen LogP contribution >= 0.6 is 0 Å². The first-order chi connectivity index (χ1) is 15.0. The Morgan fingerprint density at radius 3 is 2.97 bits per heavy atom. The first kappa shape index (κ1) is 21.8. The van der Waals surface area contributed by atoms with Gasteiger partial charge in [-0.25, -0.2) is 0 Å². The molecule has 0 fully saturated rings. The molecule has 0 spiro atoms. The highest BCUT2D eigenvalue weighted by Crippen LogP contribution is 2.36. The minimum Gasteiger partial charge on any atom is -0.492 e. The molecule has 0 amide bonds. The molecule has 1 aliphatic carbocycles. The van der Waals surface area contributed by atoms with Crippen LogP contribution in [0.3, 0.4) is 0 Å². The van der Waals surface area contributed by atoms with Gasteiger partial charge in [-0.2, -0.15) is 0 Å². The third-order valence-corrected chi connectivity index (χ3v) is 6.69. The summed E-state index contributed by atoms with van der Waals surface area (Å²) < 4.78 is 5.81. The Labute approximate surface area is 186 Å². The molecular formula is C24H36N6O. The predicted molar refractivity (Wildman–Crippen MR) is 125 cm³/mol. The van der Waals surface area contributed by atoms with E-state index in [1.54, 1.807) is 0 Å². The number of likely N-dealkylation sites (N-methyl/N-ethyl adjacent to an activating group) is 3. The van der Waals surface area contributed by atoms with E-state index in [1.807, 2.05) is 18.3 Å². The molecular weight excluding hydrogens is 388 g/mol. The summed E-state index contributed by atoms with van der Waals surface area (Å²) in [5, 5.41) is 3.66. The van der Waals surface area contributed by atoms with E-state index in [0.29, 0.717) is 5.92 Å². The first-order valence-corrected chi connectivity index (χ1v) is 11.4. The number of hydrogen-bond acceptors (Lipinski definition) is 7. The molecule has 2 aliphatic heterocycles. The van der Waals surface area contributed by atoms with Crippen molar-refractivity contribution in [1.29, 1.82) is 0 Å². The van der Waals surface area contributed by atoms with Crippen LogP contribution in [0.25, 0.3) is 0 Å². The summed E-state index contributed by atoms with van der Waals surface area (Å²) >= 11 is 0. The Bertz CT molecular complexity index is 879. The van der Waals surface area contributed by atoms with Gasteiger partial charge >= 0.3 is 0 Å². The highest BCUT2D eigenvalue weighted by atomic mass is 16.5. The lowest BCUT2D eigenvalue weighted by molar-refractivity contribution is 0.174. The lowest BCUT2D eigenvalue weighted by atomic mass is 9.93. The number of aromatic nitrogens is 1. The van der Waals surface area contributed by atoms with E-state index in [2.05, 4.69) is 72.1 Å². The van der Waals surface area contributed by atoms with Crippen LogP contribution in [0.4, 0.5) is 0 Å². The summed E-state index contributed by atoms with van der Waals surface area (Å²) in [5.41, 5.74) is 3.53. The van der Waals surface area contributed by atoms with Crippen molar-refractivity contribution in [3.63, 3.8) is 0 Å². The quantitative estimate of drug-likeness (QED) is 0.692. The summed E-state index contributed by atoms with van der Waals surface area (Å²) in [6.45, 7) is 8.98. The van der Waals surface area contributed by atoms with Gasteiger partial charge < -0.3 is 19.9 Å². The van der Waals surface area contributed by atoms with Gasteiger partial charge in [0.1, 0.15) is 17.6 Å². The summed E-state index contributed by atoms with van der Waals surface area (Å²) in [7, 11) is 6.48. The summed E-state index contributed by atoms with van der Waals surface area (Å²) in [4.78, 5) is 16.8. The SMILES string of the molecule is CCN(C)CCNC1=C2C(N=C(CN(C)C3CCOc4cccnc43)N2C)C(C)C=C1. The molecule has 3 aliphatic rings. The zero-order valence-corrected chi connectivity index (χ0v) is 19.5. The van der Waals surface area contributed by atoms with Gasteiger partial charge in [0, 0.05) is 38.7 Å². The molecule has 4 rings (SSSR count). The Balaban J connectivity index is 1.48. The summed E-state index contributed by atoms with van der Waals surface area (Å²) in [5.74, 6) is 2.42. The molecule has 7 nitrogen and oxygen atoms in total. The summed E-state index contributed by atoms with van der Waals surface area (Å²) in [6, 6.07) is 4.39. The van der Waals surface area contributed by atoms with Crippen LogP contribution in [0.5, 0.6) is 5.75 Å². The third-order valence-electron chi connectivity index (χ3n) is 6.69. The van der Waals surface area contributed by atoms with Gasteiger partial charge in [-0.3, -0.25) is 14.9 Å². The zero-order valence-electron chi connectivity index (χ0n) is 19.5. The Morgan fingerprint density at radius 2 is 2.16 bits per heavy atom. The average molecular weight is 425 g/mol. The maximum atomic E-state index is 5.81. The van der Waals surface area contributed by atoms with Gasteiger partial charge in [-0.15, -0.1) is 0 Å². The summed E-state index contributed by atoms with van der Waals surface area (Å²) in [6.07, 6.45) is 7.32. The predicted octanol–water partition coefficient (Wildman–Crippen LogP) is 2.51. The standard InChI is InChI=1S/C24H36N6O/c1-6-28(3)14-13-25-18-10-9-17(2)22-24(18)30(5)21(27-22)16-29(4)19-11-15-31-20-8-7-12-26-23(19)20/h7-10,12,17,19,22,25H,6,11,13-16H2,1-5H3. The molecule has 3 unspecified atom stereocenters. The zero-order chi connectivity index (χ0) is 22.0. The van der Waals surface area contributed by atoms with E-state index >= 15 is 0 Å². The smallest absolute Gasteiger partial charge is 0.142 e. The molecule has 168 valence electrons. The minimum atomic E-state index is 0.185. The van der Waals surface area contributed by atoms with Crippen molar-refractivity contribution >= 4 is 5.84 Å². The van der Waals surface area contributed by atoms with E-state index in [-0.39, 0.29) is 12.1 Å². The number of fused-ring (bicyclic) bond motifs is 2. The molecule has 1 aromatic rings. The van der Waals surface area contributed by atoms with Crippen molar-refractivity contribution in [2.45, 2.75) is 32.4 Å². The van der Waals surface area contributed by atoms with E-state index < -0.39 is 0 Å². The van der Waals surface area contributed by atoms with Crippen molar-refractivity contribution in [3.8, 4) is 5.75 Å². The molecule has 1 N–H and O–H groups in total. The lowest BCUT2D eigenvalue weighted by Crippen LogP contribution is -2.39. The molecule has 3 atom stereocenters. The van der Waals surface area contributed by atoms with Crippen LogP contribution in [0, 0.1) is 5.92 Å². The Kier molecular flexibility index (Phi) is 6.62. The monoisotopic (exact) mass is 424 g/mol. The second-order valence-corrected chi connectivity index (χ2v) is 8.84. The molecule has 0 saturated carbocycles. The number of ether oxygens (including phenoxy) is 1. The highest BCUT2D eigenvalue weighted by Gasteiger charge is 2.37. The maximum Gasteiger partial charge on any atom is 0.142 e. The van der Waals surface area contributed by atoms with Crippen LogP contribution < -0.4 is 10.1 Å². The number of pyridine rings is 1. The number of rotatable bonds is 8. The van der Waals surface area contributed by atoms with Gasteiger partial charge in [0.2, 0.25) is 0 Å². The Hall–Kier alpha value is -2.38. The Morgan fingerprint density at radius 1 is 1.32 bits per heavy atom. The second-order valence-electron chi connectivity index (χ2n) is 8.84. The fourth-order valence-corrected chi connectivity index (χ4v) is 4.58. The van der Waals surface area contributed by atoms with Gasteiger partial charge in [-0.05, 0) is 38.8 Å². The fraction of sp³-hybridized carbons (Fsp3) is 0.583. The average Bonchev–Trinajstić information content (AvgIpc) is 3.11. The number of nitrogens with zero attached hydrogens (tertiary/aromatic N) is 5. The molecule has 1 aromatic heterocycles. The topological polar surface area (TPSA) is 56.2 Å². The van der Waals surface area contributed by atoms with Gasteiger partial charge in [0.15, 0.2) is 0 Å². The first-order valence-electron chi connectivity index (χ1n) is 11.4. The molecule has 0 bridgehead atoms. The molecule has 0 aromatic carbocycles. The number of aliphatic imine (C=N–C) groups is 1. The lowest BCUT2D eigenvalue weighted by Gasteiger charge is -2.33. The maximum absolute atomic E-state index is 5.81. The highest BCUT2D eigenvalue weighted by molar-refractivity contribution is 5.89. The van der Waals surface area contributed by atoms with Crippen LogP contribution in [0.15, 0.2) is 46.9 Å². The van der Waals surface area contributed by atoms with Gasteiger partial charge in [0.25, 0.3) is 0 Å². The van der Waals surface area contributed by atoms with E-state index in [9.17, 15) is 0 Å². The number of amidine groups is 1. The third kappa shape index (κ3) is 4.48. The van der Waals surface area contributed by atoms with Crippen molar-refractivity contribution in [2.75, 3.05) is 53.9 Å². The van der Waals surface area contributed by atoms with Gasteiger partial charge in [0.05, 0.1) is 36.3 Å². The van der Waals surface area contributed by atoms with Crippen molar-refractivity contribution in [3.05, 3.63) is 47.6 Å². The van der Waals surface area contributed by atoms with E-state index in [4.69, 9.17) is 9.73 Å². The van der Waals surface area contributed by atoms with Crippen molar-refractivity contribution in [1.82, 2.24) is 25.0 Å². The van der Waals surface area contributed by atoms with E-state index in [0.717, 1.165) is 56.5 Å². The molecule has 31 heavy (non-hydrogen) atoms. The molecule has 0 saturated heterocycles. The second kappa shape index (κ2) is 9.40.